The highest BCUT2D eigenvalue weighted by Crippen LogP contribution is 2.28. The standard InChI is InChI=1S/C25H32N4O/c1-19(2)29(21-12-6-4-7-13-21)24(30)18-28-23-15-9-8-14-22(23)26-25(28)20(3)27-16-10-5-11-17-27/h4,6-9,12-15,19-20H,5,10-11,16-18H2,1-3H3. The number of hydrogen-bond donors (Lipinski definition) is 0. The molecule has 0 radical (unpaired) electrons. The highest BCUT2D eigenvalue weighted by Gasteiger charge is 2.26. The normalized spacial score (nSPS) is 16.1. The Morgan fingerprint density at radius 2 is 1.63 bits per heavy atom. The van der Waals surface area contributed by atoms with Gasteiger partial charge >= 0.3 is 0 Å². The number of para-hydroxylation sites is 3. The number of amides is 1. The molecular formula is C25H32N4O. The van der Waals surface area contributed by atoms with Crippen LogP contribution in [0.5, 0.6) is 0 Å². The third-order valence-corrected chi connectivity index (χ3v) is 6.11. The van der Waals surface area contributed by atoms with E-state index in [-0.39, 0.29) is 18.0 Å². The molecule has 0 spiro atoms. The SMILES string of the molecule is CC(c1nc2ccccc2n1CC(=O)N(c1ccccc1)C(C)C)N1CCCCC1. The van der Waals surface area contributed by atoms with Crippen LogP contribution in [0, 0.1) is 0 Å². The number of fused-ring (bicyclic) bond motifs is 1. The van der Waals surface area contributed by atoms with E-state index in [4.69, 9.17) is 4.98 Å². The lowest BCUT2D eigenvalue weighted by molar-refractivity contribution is -0.119. The number of aromatic nitrogens is 2. The van der Waals surface area contributed by atoms with Crippen LogP contribution in [0.15, 0.2) is 54.6 Å². The number of nitrogens with zero attached hydrogens (tertiary/aromatic N) is 4. The third-order valence-electron chi connectivity index (χ3n) is 6.11. The van der Waals surface area contributed by atoms with Crippen LogP contribution in [0.2, 0.25) is 0 Å². The second-order valence-corrected chi connectivity index (χ2v) is 8.51. The minimum Gasteiger partial charge on any atom is -0.317 e. The molecule has 1 amide bonds. The summed E-state index contributed by atoms with van der Waals surface area (Å²) in [6.07, 6.45) is 3.77. The molecular weight excluding hydrogens is 372 g/mol. The molecule has 2 aromatic carbocycles. The van der Waals surface area contributed by atoms with Gasteiger partial charge in [0.1, 0.15) is 12.4 Å². The van der Waals surface area contributed by atoms with Crippen LogP contribution in [-0.2, 0) is 11.3 Å². The van der Waals surface area contributed by atoms with E-state index in [1.54, 1.807) is 0 Å². The van der Waals surface area contributed by atoms with E-state index >= 15 is 0 Å². The van der Waals surface area contributed by atoms with Gasteiger partial charge in [-0.3, -0.25) is 9.69 Å². The van der Waals surface area contributed by atoms with Crippen LogP contribution in [0.4, 0.5) is 5.69 Å². The second kappa shape index (κ2) is 9.00. The maximum Gasteiger partial charge on any atom is 0.247 e. The highest BCUT2D eigenvalue weighted by atomic mass is 16.2. The maximum absolute atomic E-state index is 13.5. The minimum absolute atomic E-state index is 0.0812. The van der Waals surface area contributed by atoms with Crippen LogP contribution in [0.1, 0.15) is 51.9 Å². The number of carbonyl (C=O) groups is 1. The van der Waals surface area contributed by atoms with Gasteiger partial charge in [0.25, 0.3) is 0 Å². The van der Waals surface area contributed by atoms with Gasteiger partial charge < -0.3 is 9.47 Å². The molecule has 2 heterocycles. The van der Waals surface area contributed by atoms with Crippen molar-refractivity contribution in [3.63, 3.8) is 0 Å². The van der Waals surface area contributed by atoms with Crippen molar-refractivity contribution in [1.29, 1.82) is 0 Å². The maximum atomic E-state index is 13.5. The Morgan fingerprint density at radius 3 is 2.33 bits per heavy atom. The van der Waals surface area contributed by atoms with Crippen molar-refractivity contribution in [2.75, 3.05) is 18.0 Å². The molecule has 1 atom stereocenters. The van der Waals surface area contributed by atoms with E-state index in [2.05, 4.69) is 36.3 Å². The summed E-state index contributed by atoms with van der Waals surface area (Å²) in [6.45, 7) is 8.84. The van der Waals surface area contributed by atoms with Gasteiger partial charge in [-0.1, -0.05) is 36.8 Å². The summed E-state index contributed by atoms with van der Waals surface area (Å²) in [6, 6.07) is 18.4. The van der Waals surface area contributed by atoms with E-state index in [9.17, 15) is 4.79 Å². The van der Waals surface area contributed by atoms with Gasteiger partial charge in [0.15, 0.2) is 0 Å². The largest absolute Gasteiger partial charge is 0.317 e. The summed E-state index contributed by atoms with van der Waals surface area (Å²) in [5, 5.41) is 0. The number of benzene rings is 2. The fourth-order valence-electron chi connectivity index (χ4n) is 4.58. The van der Waals surface area contributed by atoms with Crippen molar-refractivity contribution in [1.82, 2.24) is 14.5 Å². The zero-order valence-corrected chi connectivity index (χ0v) is 18.3. The first kappa shape index (κ1) is 20.6. The Labute approximate surface area is 179 Å². The Bertz CT molecular complexity index is 989. The first-order chi connectivity index (χ1) is 14.6. The van der Waals surface area contributed by atoms with Crippen LogP contribution >= 0.6 is 0 Å². The zero-order valence-electron chi connectivity index (χ0n) is 18.3. The average molecular weight is 405 g/mol. The fourth-order valence-corrected chi connectivity index (χ4v) is 4.58. The van der Waals surface area contributed by atoms with Crippen LogP contribution < -0.4 is 4.90 Å². The molecule has 1 aliphatic rings. The predicted molar refractivity (Wildman–Crippen MR) is 123 cm³/mol. The van der Waals surface area contributed by atoms with Gasteiger partial charge in [-0.15, -0.1) is 0 Å². The number of likely N-dealkylation sites (tertiary alicyclic amines) is 1. The van der Waals surface area contributed by atoms with Gasteiger partial charge in [0, 0.05) is 11.7 Å². The Kier molecular flexibility index (Phi) is 6.18. The number of anilines is 1. The molecule has 0 aliphatic carbocycles. The smallest absolute Gasteiger partial charge is 0.247 e. The van der Waals surface area contributed by atoms with E-state index in [1.807, 2.05) is 53.4 Å². The van der Waals surface area contributed by atoms with Gasteiger partial charge in [-0.05, 0) is 71.0 Å². The molecule has 3 aromatic rings. The van der Waals surface area contributed by atoms with Crippen molar-refractivity contribution >= 4 is 22.6 Å². The quantitative estimate of drug-likeness (QED) is 0.579. The molecule has 0 bridgehead atoms. The molecule has 1 saturated heterocycles. The number of hydrogen-bond acceptors (Lipinski definition) is 3. The summed E-state index contributed by atoms with van der Waals surface area (Å²) in [5.41, 5.74) is 2.92. The average Bonchev–Trinajstić information content (AvgIpc) is 3.13. The van der Waals surface area contributed by atoms with Crippen molar-refractivity contribution in [2.45, 2.75) is 58.7 Å². The number of rotatable bonds is 6. The molecule has 1 aliphatic heterocycles. The van der Waals surface area contributed by atoms with E-state index < -0.39 is 0 Å². The van der Waals surface area contributed by atoms with Crippen molar-refractivity contribution in [2.24, 2.45) is 0 Å². The van der Waals surface area contributed by atoms with Gasteiger partial charge in [0.2, 0.25) is 5.91 Å². The minimum atomic E-state index is 0.0812. The molecule has 30 heavy (non-hydrogen) atoms. The molecule has 4 rings (SSSR count). The molecule has 158 valence electrons. The van der Waals surface area contributed by atoms with Gasteiger partial charge in [0.05, 0.1) is 17.1 Å². The molecule has 5 heteroatoms. The van der Waals surface area contributed by atoms with E-state index in [0.717, 1.165) is 35.6 Å². The van der Waals surface area contributed by atoms with Crippen LogP contribution in [0.3, 0.4) is 0 Å². The second-order valence-electron chi connectivity index (χ2n) is 8.51. The lowest BCUT2D eigenvalue weighted by Gasteiger charge is -2.32. The first-order valence-electron chi connectivity index (χ1n) is 11.1. The predicted octanol–water partition coefficient (Wildman–Crippen LogP) is 5.02. The Hall–Kier alpha value is -2.66. The van der Waals surface area contributed by atoms with Crippen molar-refractivity contribution in [3.05, 3.63) is 60.4 Å². The highest BCUT2D eigenvalue weighted by molar-refractivity contribution is 5.94. The lowest BCUT2D eigenvalue weighted by atomic mass is 10.1. The summed E-state index contributed by atoms with van der Waals surface area (Å²) < 4.78 is 2.13. The summed E-state index contributed by atoms with van der Waals surface area (Å²) in [5.74, 6) is 1.08. The Balaban J connectivity index is 1.69. The molecule has 0 N–H and O–H groups in total. The first-order valence-corrected chi connectivity index (χ1v) is 11.1. The van der Waals surface area contributed by atoms with Gasteiger partial charge in [-0.25, -0.2) is 4.98 Å². The zero-order chi connectivity index (χ0) is 21.1. The monoisotopic (exact) mass is 404 g/mol. The summed E-state index contributed by atoms with van der Waals surface area (Å²) >= 11 is 0. The number of imidazole rings is 1. The number of carbonyl (C=O) groups excluding carboxylic acids is 1. The third kappa shape index (κ3) is 4.12. The Morgan fingerprint density at radius 1 is 0.967 bits per heavy atom. The number of piperidine rings is 1. The van der Waals surface area contributed by atoms with Crippen LogP contribution in [0.25, 0.3) is 11.0 Å². The topological polar surface area (TPSA) is 41.4 Å². The molecule has 0 saturated carbocycles. The van der Waals surface area contributed by atoms with E-state index in [1.165, 1.54) is 19.3 Å². The molecule has 5 nitrogen and oxygen atoms in total. The van der Waals surface area contributed by atoms with Crippen LogP contribution in [-0.4, -0.2) is 39.5 Å². The molecule has 1 unspecified atom stereocenters. The summed E-state index contributed by atoms with van der Waals surface area (Å²) in [7, 11) is 0. The van der Waals surface area contributed by atoms with E-state index in [0.29, 0.717) is 6.54 Å². The van der Waals surface area contributed by atoms with Crippen molar-refractivity contribution in [3.8, 4) is 0 Å². The van der Waals surface area contributed by atoms with Crippen molar-refractivity contribution < 1.29 is 4.79 Å². The van der Waals surface area contributed by atoms with Gasteiger partial charge in [-0.2, -0.15) is 0 Å². The summed E-state index contributed by atoms with van der Waals surface area (Å²) in [4.78, 5) is 22.9. The molecule has 1 aromatic heterocycles. The lowest BCUT2D eigenvalue weighted by Crippen LogP contribution is -2.40. The fraction of sp³-hybridized carbons (Fsp3) is 0.440. The molecule has 1 fully saturated rings.